The van der Waals surface area contributed by atoms with Crippen molar-refractivity contribution in [2.45, 2.75) is 12.8 Å². The first-order valence-corrected chi connectivity index (χ1v) is 7.48. The summed E-state index contributed by atoms with van der Waals surface area (Å²) >= 11 is 0. The lowest BCUT2D eigenvalue weighted by molar-refractivity contribution is -0.149. The number of nitrogens with zero attached hydrogens (tertiary/aromatic N) is 2. The number of hydrogen-bond donors (Lipinski definition) is 2. The lowest BCUT2D eigenvalue weighted by Crippen LogP contribution is -2.37. The molecule has 0 aromatic rings. The summed E-state index contributed by atoms with van der Waals surface area (Å²) in [6.07, 6.45) is 0.0371. The first kappa shape index (κ1) is 17.2. The number of hydrogen-bond acceptors (Lipinski definition) is 6. The molecule has 0 aromatic heterocycles. The summed E-state index contributed by atoms with van der Waals surface area (Å²) in [7, 11) is 0. The maximum Gasteiger partial charge on any atom is 0.311 e. The van der Waals surface area contributed by atoms with Gasteiger partial charge in [-0.15, -0.1) is 0 Å². The van der Waals surface area contributed by atoms with Gasteiger partial charge < -0.3 is 24.7 Å². The summed E-state index contributed by atoms with van der Waals surface area (Å²) in [5, 5.41) is 17.5. The second-order valence-electron chi connectivity index (χ2n) is 5.71. The highest BCUT2D eigenvalue weighted by Gasteiger charge is 2.37. The Bertz CT molecular complexity index is 507. The molecular formula is C14H20N2O7. The predicted octanol–water partition coefficient (Wildman–Crippen LogP) is -1.70. The van der Waals surface area contributed by atoms with Gasteiger partial charge in [-0.1, -0.05) is 0 Å². The number of esters is 1. The lowest BCUT2D eigenvalue weighted by Gasteiger charge is -2.21. The van der Waals surface area contributed by atoms with Crippen LogP contribution in [0.15, 0.2) is 0 Å². The molecule has 0 bridgehead atoms. The van der Waals surface area contributed by atoms with Gasteiger partial charge in [0.15, 0.2) is 0 Å². The fourth-order valence-corrected chi connectivity index (χ4v) is 2.81. The molecule has 0 aromatic carbocycles. The van der Waals surface area contributed by atoms with Crippen LogP contribution in [0.1, 0.15) is 12.8 Å². The first-order valence-electron chi connectivity index (χ1n) is 7.48. The van der Waals surface area contributed by atoms with Gasteiger partial charge in [0.1, 0.15) is 6.61 Å². The lowest BCUT2D eigenvalue weighted by atomic mass is 10.1. The van der Waals surface area contributed by atoms with Gasteiger partial charge in [-0.05, 0) is 0 Å². The molecule has 23 heavy (non-hydrogen) atoms. The van der Waals surface area contributed by atoms with Gasteiger partial charge in [0.2, 0.25) is 11.8 Å². The molecule has 0 radical (unpaired) electrons. The van der Waals surface area contributed by atoms with Crippen molar-refractivity contribution in [1.29, 1.82) is 0 Å². The molecule has 0 aliphatic carbocycles. The van der Waals surface area contributed by atoms with E-state index in [0.29, 0.717) is 0 Å². The molecule has 0 saturated carbocycles. The Balaban J connectivity index is 1.80. The first-order chi connectivity index (χ1) is 10.9. The summed E-state index contributed by atoms with van der Waals surface area (Å²) in [6, 6.07) is 0. The number of aliphatic hydroxyl groups is 1. The number of likely N-dealkylation sites (tertiary alicyclic amines) is 2. The summed E-state index contributed by atoms with van der Waals surface area (Å²) in [5.41, 5.74) is 0. The van der Waals surface area contributed by atoms with Crippen molar-refractivity contribution in [3.63, 3.8) is 0 Å². The van der Waals surface area contributed by atoms with Gasteiger partial charge in [-0.3, -0.25) is 19.2 Å². The van der Waals surface area contributed by atoms with Gasteiger partial charge in [-0.2, -0.15) is 0 Å². The largest absolute Gasteiger partial charge is 0.481 e. The van der Waals surface area contributed by atoms with Crippen molar-refractivity contribution in [2.75, 3.05) is 39.4 Å². The molecule has 9 nitrogen and oxygen atoms in total. The third-order valence-corrected chi connectivity index (χ3v) is 4.09. The quantitative estimate of drug-likeness (QED) is 0.534. The van der Waals surface area contributed by atoms with Crippen LogP contribution in [0.4, 0.5) is 0 Å². The van der Waals surface area contributed by atoms with Gasteiger partial charge in [0.05, 0.1) is 18.4 Å². The maximum absolute atomic E-state index is 11.9. The highest BCUT2D eigenvalue weighted by atomic mass is 16.5. The monoisotopic (exact) mass is 328 g/mol. The van der Waals surface area contributed by atoms with Crippen molar-refractivity contribution in [3.05, 3.63) is 0 Å². The van der Waals surface area contributed by atoms with E-state index in [1.54, 1.807) is 0 Å². The number of carboxylic acid groups (broad SMARTS) is 1. The van der Waals surface area contributed by atoms with Crippen LogP contribution in [0.25, 0.3) is 0 Å². The van der Waals surface area contributed by atoms with E-state index in [2.05, 4.69) is 0 Å². The zero-order chi connectivity index (χ0) is 17.0. The number of carbonyl (C=O) groups excluding carboxylic acids is 3. The molecule has 2 N–H and O–H groups in total. The molecule has 0 spiro atoms. The second-order valence-corrected chi connectivity index (χ2v) is 5.71. The summed E-state index contributed by atoms with van der Waals surface area (Å²) in [6.45, 7) is 0.527. The van der Waals surface area contributed by atoms with E-state index < -0.39 is 23.8 Å². The number of ether oxygens (including phenoxy) is 1. The standard InChI is InChI=1S/C14H20N2O7/c17-3-4-23-14(22)10-6-12(19)16(8-10)2-1-15-7-9(13(20)21)5-11(15)18/h9-10,17H,1-8H2,(H,20,21). The minimum Gasteiger partial charge on any atom is -0.481 e. The van der Waals surface area contributed by atoms with E-state index in [9.17, 15) is 19.2 Å². The Morgan fingerprint density at radius 1 is 1.04 bits per heavy atom. The van der Waals surface area contributed by atoms with Crippen molar-refractivity contribution in [2.24, 2.45) is 11.8 Å². The van der Waals surface area contributed by atoms with Gasteiger partial charge in [-0.25, -0.2) is 0 Å². The van der Waals surface area contributed by atoms with E-state index in [1.165, 1.54) is 9.80 Å². The number of rotatable bonds is 7. The van der Waals surface area contributed by atoms with Crippen LogP contribution in [0.2, 0.25) is 0 Å². The number of carboxylic acids is 1. The molecule has 2 heterocycles. The molecular weight excluding hydrogens is 308 g/mol. The maximum atomic E-state index is 11.9. The number of amides is 2. The Morgan fingerprint density at radius 3 is 2.04 bits per heavy atom. The summed E-state index contributed by atoms with van der Waals surface area (Å²) in [5.74, 6) is -3.20. The third-order valence-electron chi connectivity index (χ3n) is 4.09. The molecule has 2 saturated heterocycles. The average molecular weight is 328 g/mol. The van der Waals surface area contributed by atoms with Crippen molar-refractivity contribution in [1.82, 2.24) is 9.80 Å². The smallest absolute Gasteiger partial charge is 0.311 e. The topological polar surface area (TPSA) is 124 Å². The van der Waals surface area contributed by atoms with Crippen LogP contribution in [-0.2, 0) is 23.9 Å². The molecule has 2 atom stereocenters. The minimum absolute atomic E-state index is 0.0145. The van der Waals surface area contributed by atoms with Gasteiger partial charge >= 0.3 is 11.9 Å². The normalized spacial score (nSPS) is 24.4. The second kappa shape index (κ2) is 7.40. The molecule has 2 amide bonds. The van der Waals surface area contributed by atoms with E-state index in [-0.39, 0.29) is 64.0 Å². The fraction of sp³-hybridized carbons (Fsp3) is 0.714. The molecule has 9 heteroatoms. The van der Waals surface area contributed by atoms with Gasteiger partial charge in [0.25, 0.3) is 0 Å². The highest BCUT2D eigenvalue weighted by Crippen LogP contribution is 2.21. The predicted molar refractivity (Wildman–Crippen MR) is 75.1 cm³/mol. The molecule has 2 aliphatic rings. The average Bonchev–Trinajstić information content (AvgIpc) is 3.06. The Hall–Kier alpha value is -2.16. The SMILES string of the molecule is O=C(O)C1CC(=O)N(CCN2CC(C(=O)OCCO)CC2=O)C1. The van der Waals surface area contributed by atoms with Crippen molar-refractivity contribution in [3.8, 4) is 0 Å². The van der Waals surface area contributed by atoms with Crippen LogP contribution < -0.4 is 0 Å². The zero-order valence-corrected chi connectivity index (χ0v) is 12.6. The molecule has 128 valence electrons. The molecule has 2 aliphatic heterocycles. The van der Waals surface area contributed by atoms with Crippen LogP contribution in [0.3, 0.4) is 0 Å². The number of aliphatic hydroxyl groups excluding tert-OH is 1. The van der Waals surface area contributed by atoms with Crippen LogP contribution >= 0.6 is 0 Å². The molecule has 2 rings (SSSR count). The third kappa shape index (κ3) is 4.19. The van der Waals surface area contributed by atoms with Gasteiger partial charge in [0, 0.05) is 39.0 Å². The summed E-state index contributed by atoms with van der Waals surface area (Å²) in [4.78, 5) is 49.1. The van der Waals surface area contributed by atoms with Crippen LogP contribution in [0, 0.1) is 11.8 Å². The van der Waals surface area contributed by atoms with E-state index in [0.717, 1.165) is 0 Å². The Labute approximate surface area is 132 Å². The number of carbonyl (C=O) groups is 4. The highest BCUT2D eigenvalue weighted by molar-refractivity contribution is 5.87. The number of aliphatic carboxylic acids is 1. The minimum atomic E-state index is -0.996. The Kier molecular flexibility index (Phi) is 5.54. The molecule has 2 fully saturated rings. The van der Waals surface area contributed by atoms with E-state index in [4.69, 9.17) is 14.9 Å². The zero-order valence-electron chi connectivity index (χ0n) is 12.6. The van der Waals surface area contributed by atoms with Crippen LogP contribution in [0.5, 0.6) is 0 Å². The van der Waals surface area contributed by atoms with Crippen LogP contribution in [-0.4, -0.2) is 83.2 Å². The molecule has 2 unspecified atom stereocenters. The fourth-order valence-electron chi connectivity index (χ4n) is 2.81. The van der Waals surface area contributed by atoms with Crippen molar-refractivity contribution >= 4 is 23.8 Å². The Morgan fingerprint density at radius 2 is 1.57 bits per heavy atom. The van der Waals surface area contributed by atoms with E-state index >= 15 is 0 Å². The van der Waals surface area contributed by atoms with E-state index in [1.807, 2.05) is 0 Å². The van der Waals surface area contributed by atoms with Crippen molar-refractivity contribution < 1.29 is 34.1 Å². The summed E-state index contributed by atoms with van der Waals surface area (Å²) < 4.78 is 4.81.